The van der Waals surface area contributed by atoms with Gasteiger partial charge in [-0.05, 0) is 305 Å². The third kappa shape index (κ3) is 22.2. The lowest BCUT2D eigenvalue weighted by molar-refractivity contribution is 0.211. The van der Waals surface area contributed by atoms with E-state index in [-0.39, 0.29) is 65.0 Å². The Morgan fingerprint density at radius 3 is 0.620 bits per heavy atom. The number of aryl methyl sites for hydroxylation is 13. The molecule has 0 aliphatic heterocycles. The van der Waals surface area contributed by atoms with E-state index in [0.29, 0.717) is 0 Å². The van der Waals surface area contributed by atoms with Gasteiger partial charge in [0.15, 0.2) is 23.3 Å². The van der Waals surface area contributed by atoms with Crippen molar-refractivity contribution in [2.24, 2.45) is 21.7 Å². The normalized spacial score (nSPS) is 12.9. The Hall–Kier alpha value is -11.2. The molecule has 12 nitrogen and oxygen atoms in total. The molecular weight excluding hydrogens is 1670 g/mol. The molecule has 14 aromatic rings. The molecule has 0 fully saturated rings. The summed E-state index contributed by atoms with van der Waals surface area (Å²) in [6.07, 6.45) is 0. The van der Waals surface area contributed by atoms with E-state index in [1.54, 1.807) is 0 Å². The molecule has 10 aromatic carbocycles. The van der Waals surface area contributed by atoms with Crippen LogP contribution in [0.5, 0.6) is 0 Å². The van der Waals surface area contributed by atoms with Crippen LogP contribution in [0, 0.1) is 112 Å². The van der Waals surface area contributed by atoms with Crippen LogP contribution in [-0.4, -0.2) is 59.1 Å². The van der Waals surface area contributed by atoms with Gasteiger partial charge in [-0.1, -0.05) is 355 Å². The molecule has 726 valence electrons. The molecule has 0 spiro atoms. The summed E-state index contributed by atoms with van der Waals surface area (Å²) in [7, 11) is 0. The van der Waals surface area contributed by atoms with Crippen LogP contribution in [0.4, 0.5) is 0 Å². The summed E-state index contributed by atoms with van der Waals surface area (Å²) in [4.78, 5) is 0. The van der Waals surface area contributed by atoms with E-state index in [1.807, 2.05) is 0 Å². The van der Waals surface area contributed by atoms with Crippen molar-refractivity contribution in [3.05, 3.63) is 306 Å². The lowest BCUT2D eigenvalue weighted by Crippen LogP contribution is -2.36. The van der Waals surface area contributed by atoms with E-state index in [1.165, 1.54) is 117 Å². The van der Waals surface area contributed by atoms with Crippen molar-refractivity contribution in [1.29, 1.82) is 0 Å². The highest BCUT2D eigenvalue weighted by Gasteiger charge is 2.45. The molecular formula is C125H166N12. The minimum absolute atomic E-state index is 0.000885. The first-order valence-corrected chi connectivity index (χ1v) is 49.7. The Balaban J connectivity index is 0.000000177. The third-order valence-electron chi connectivity index (χ3n) is 31.3. The summed E-state index contributed by atoms with van der Waals surface area (Å²) in [5.74, 6) is 7.56. The van der Waals surface area contributed by atoms with Gasteiger partial charge >= 0.3 is 0 Å². The van der Waals surface area contributed by atoms with Crippen LogP contribution in [0.3, 0.4) is 0 Å². The maximum absolute atomic E-state index is 4.87. The van der Waals surface area contributed by atoms with E-state index in [2.05, 4.69) is 523 Å². The molecule has 4 aromatic heterocycles. The Morgan fingerprint density at radius 2 is 0.380 bits per heavy atom. The molecule has 0 aliphatic rings. The number of hydrogen-bond donors (Lipinski definition) is 0. The number of hydrogen-bond acceptors (Lipinski definition) is 8. The van der Waals surface area contributed by atoms with Crippen molar-refractivity contribution in [1.82, 2.24) is 59.1 Å². The molecule has 0 bridgehead atoms. The van der Waals surface area contributed by atoms with Gasteiger partial charge in [0.2, 0.25) is 0 Å². The van der Waals surface area contributed by atoms with Crippen LogP contribution in [-0.2, 0) is 43.3 Å². The quantitative estimate of drug-likeness (QED) is 0.105. The molecule has 137 heavy (non-hydrogen) atoms. The zero-order valence-corrected chi connectivity index (χ0v) is 92.8. The topological polar surface area (TPSA) is 123 Å². The van der Waals surface area contributed by atoms with Gasteiger partial charge < -0.3 is 0 Å². The highest BCUT2D eigenvalue weighted by Crippen LogP contribution is 2.49. The summed E-state index contributed by atoms with van der Waals surface area (Å²) in [6, 6.07) is 69.4. The summed E-state index contributed by atoms with van der Waals surface area (Å²) in [5, 5.41) is 38.3. The van der Waals surface area contributed by atoms with Gasteiger partial charge in [0.1, 0.15) is 23.3 Å². The molecule has 0 saturated carbocycles. The first kappa shape index (κ1) is 106. The van der Waals surface area contributed by atoms with Gasteiger partial charge in [0, 0.05) is 43.9 Å². The number of nitrogens with zero attached hydrogens (tertiary/aromatic N) is 12. The van der Waals surface area contributed by atoms with E-state index in [9.17, 15) is 0 Å². The van der Waals surface area contributed by atoms with Gasteiger partial charge in [-0.15, -0.1) is 40.8 Å². The van der Waals surface area contributed by atoms with Crippen molar-refractivity contribution in [3.63, 3.8) is 0 Å². The van der Waals surface area contributed by atoms with Crippen LogP contribution in [0.1, 0.15) is 339 Å². The van der Waals surface area contributed by atoms with E-state index < -0.39 is 0 Å². The minimum atomic E-state index is -0.217. The molecule has 14 rings (SSSR count). The highest BCUT2D eigenvalue weighted by atomic mass is 15.3. The molecule has 0 saturated heterocycles. The van der Waals surface area contributed by atoms with E-state index >= 15 is 0 Å². The fourth-order valence-electron chi connectivity index (χ4n) is 16.7. The predicted molar refractivity (Wildman–Crippen MR) is 584 cm³/mol. The lowest BCUT2D eigenvalue weighted by atomic mass is 9.68. The Bertz CT molecular complexity index is 6690. The van der Waals surface area contributed by atoms with E-state index in [4.69, 9.17) is 35.7 Å². The maximum Gasteiger partial charge on any atom is 0.168 e. The van der Waals surface area contributed by atoms with Gasteiger partial charge in [-0.3, -0.25) is 18.3 Å². The lowest BCUT2D eigenvalue weighted by Gasteiger charge is -2.38. The number of aromatic nitrogens is 12. The second kappa shape index (κ2) is 38.5. The number of benzene rings is 10. The first-order chi connectivity index (χ1) is 62.9. The van der Waals surface area contributed by atoms with Crippen LogP contribution in [0.15, 0.2) is 188 Å². The minimum Gasteiger partial charge on any atom is -0.278 e. The third-order valence-corrected chi connectivity index (χ3v) is 31.3. The second-order valence-electron chi connectivity index (χ2n) is 50.1. The van der Waals surface area contributed by atoms with Crippen LogP contribution >= 0.6 is 0 Å². The van der Waals surface area contributed by atoms with E-state index in [0.717, 1.165) is 91.6 Å². The summed E-state index contributed by atoms with van der Waals surface area (Å²) in [5.41, 5.74) is 35.4. The van der Waals surface area contributed by atoms with Gasteiger partial charge in [-0.2, -0.15) is 0 Å². The van der Waals surface area contributed by atoms with Crippen LogP contribution in [0.2, 0.25) is 0 Å². The Kier molecular flexibility index (Phi) is 29.9. The fraction of sp³-hybridized carbons (Fsp3) is 0.456. The molecule has 0 atom stereocenters. The van der Waals surface area contributed by atoms with Gasteiger partial charge in [0.25, 0.3) is 0 Å². The smallest absolute Gasteiger partial charge is 0.168 e. The summed E-state index contributed by atoms with van der Waals surface area (Å²) >= 11 is 0. The molecule has 0 amide bonds. The predicted octanol–water partition coefficient (Wildman–Crippen LogP) is 33.6. The molecule has 0 N–H and O–H groups in total. The van der Waals surface area contributed by atoms with Crippen molar-refractivity contribution < 1.29 is 0 Å². The van der Waals surface area contributed by atoms with Gasteiger partial charge in [-0.25, -0.2) is 0 Å². The average molecular weight is 1840 g/mol. The average Bonchev–Trinajstić information content (AvgIpc) is 1.61. The second-order valence-corrected chi connectivity index (χ2v) is 50.1. The van der Waals surface area contributed by atoms with Crippen molar-refractivity contribution in [3.8, 4) is 90.6 Å². The number of rotatable bonds is 14. The van der Waals surface area contributed by atoms with Crippen molar-refractivity contribution in [2.75, 3.05) is 0 Å². The van der Waals surface area contributed by atoms with Crippen LogP contribution < -0.4 is 0 Å². The maximum atomic E-state index is 4.87. The first-order valence-electron chi connectivity index (χ1n) is 49.7. The Morgan fingerprint density at radius 1 is 0.161 bits per heavy atom. The fourth-order valence-corrected chi connectivity index (χ4v) is 16.7. The molecule has 0 unspecified atom stereocenters. The zero-order chi connectivity index (χ0) is 102. The molecule has 0 radical (unpaired) electrons. The van der Waals surface area contributed by atoms with Crippen molar-refractivity contribution >= 4 is 0 Å². The molecule has 12 heteroatoms. The molecule has 0 aliphatic carbocycles. The van der Waals surface area contributed by atoms with Crippen LogP contribution in [0.25, 0.3) is 90.6 Å². The summed E-state index contributed by atoms with van der Waals surface area (Å²) in [6.45, 7) is 101. The monoisotopic (exact) mass is 1840 g/mol. The summed E-state index contributed by atoms with van der Waals surface area (Å²) < 4.78 is 9.15. The van der Waals surface area contributed by atoms with Gasteiger partial charge in [0.05, 0.1) is 22.7 Å². The SMILES string of the molecule is Cc1ccc(-c2nnc(C(C)(C)C(C)(C)C)n2-c2ccc(-c3cc(C(C)(C)C)cc(C(C)(C)C)c3)cc2C)cc1C.Cc1ccc(-c2nnc(C(C)(C)C(C)(C)C)n2-c2ccc(-c3ccc(C(C)(C)C)cc3)cc2C)cc1C.Cc1ccc(-c2nnc(C(C)(C)C(C)(C)C)n2-c2ccc(C(C)(C)C)cc2C)cc1C.Cc1ccc(-n2c(-c3ccc(C)c(C)c3)nnc2C(C)(C)C(C)(C)C)c(C)c1. The van der Waals surface area contributed by atoms with Crippen molar-refractivity contribution in [2.45, 2.75) is 355 Å². The largest absolute Gasteiger partial charge is 0.278 e. The zero-order valence-electron chi connectivity index (χ0n) is 92.8. The molecule has 4 heterocycles. The Labute approximate surface area is 826 Å². The standard InChI is InChI=1S/C38H51N3.C34H43N3.C28H39N3.C25H33N3/c1-24-15-16-28(19-25(24)2)33-39-40-34(38(13,14)37(10,11)12)41(33)32-18-17-27(20-26(32)3)29-21-30(35(4,5)6)23-31(22-29)36(7,8)9;1-22-12-13-27(20-23(22)2)30-35-36-31(34(10,11)33(7,8)9)37(30)29-19-16-26(21-24(29)3)25-14-17-28(18-15-25)32(4,5)6;1-18-12-13-21(16-19(18)2)24-29-30-25(28(10,11)27(7,8)9)31(24)23-15-14-22(17-20(23)3)26(4,5)6;1-16-10-13-21(19(4)14-16)28-22(20-12-11-17(2)18(3)15-20)26-27-23(28)25(8,9)24(5,6)7/h15-23H,1-14H3;12-21H,1-11H3;12-17H,1-11H3;10-15H,1-9H3. The highest BCUT2D eigenvalue weighted by molar-refractivity contribution is 5.73.